The smallest absolute Gasteiger partial charge is 0.0316 e. The molecule has 0 amide bonds. The number of hydrogen-bond donors (Lipinski definition) is 2. The van der Waals surface area contributed by atoms with Crippen LogP contribution in [0.25, 0.3) is 0 Å². The van der Waals surface area contributed by atoms with Crippen LogP contribution >= 0.6 is 0 Å². The van der Waals surface area contributed by atoms with Gasteiger partial charge in [-0.2, -0.15) is 0 Å². The number of nitrogens with two attached hydrogens (primary N) is 1. The normalized spacial score (nSPS) is 11.8. The van der Waals surface area contributed by atoms with E-state index in [0.29, 0.717) is 5.41 Å². The molecular formula is C18H32N2. The molecule has 0 atom stereocenters. The molecule has 0 radical (unpaired) electrons. The van der Waals surface area contributed by atoms with E-state index in [4.69, 9.17) is 5.73 Å². The van der Waals surface area contributed by atoms with Crippen LogP contribution < -0.4 is 11.1 Å². The minimum atomic E-state index is 0.423. The first kappa shape index (κ1) is 17.0. The van der Waals surface area contributed by atoms with Crippen molar-refractivity contribution in [3.8, 4) is 0 Å². The quantitative estimate of drug-likeness (QED) is 0.491. The number of aryl methyl sites for hydroxylation is 1. The Morgan fingerprint density at radius 3 is 2.65 bits per heavy atom. The van der Waals surface area contributed by atoms with Gasteiger partial charge in [0, 0.05) is 12.2 Å². The fraction of sp³-hybridized carbons (Fsp3) is 0.667. The molecule has 0 heterocycles. The summed E-state index contributed by atoms with van der Waals surface area (Å²) in [7, 11) is 0. The van der Waals surface area contributed by atoms with E-state index in [1.54, 1.807) is 0 Å². The predicted molar refractivity (Wildman–Crippen MR) is 90.0 cm³/mol. The minimum Gasteiger partial charge on any atom is -0.399 e. The second kappa shape index (κ2) is 9.02. The number of rotatable bonds is 10. The second-order valence-electron chi connectivity index (χ2n) is 6.65. The number of nitrogen functional groups attached to an aromatic ring is 1. The highest BCUT2D eigenvalue weighted by Gasteiger charge is 2.16. The van der Waals surface area contributed by atoms with Crippen molar-refractivity contribution in [1.82, 2.24) is 5.32 Å². The molecule has 0 fully saturated rings. The number of unbranched alkanes of at least 4 members (excludes halogenated alkanes) is 2. The van der Waals surface area contributed by atoms with Gasteiger partial charge in [-0.25, -0.2) is 0 Å². The lowest BCUT2D eigenvalue weighted by molar-refractivity contribution is 0.302. The molecule has 20 heavy (non-hydrogen) atoms. The first-order valence-corrected chi connectivity index (χ1v) is 8.08. The van der Waals surface area contributed by atoms with Gasteiger partial charge < -0.3 is 11.1 Å². The molecule has 0 aliphatic heterocycles. The Morgan fingerprint density at radius 1 is 1.15 bits per heavy atom. The molecule has 3 N–H and O–H groups in total. The summed E-state index contributed by atoms with van der Waals surface area (Å²) in [4.78, 5) is 0. The van der Waals surface area contributed by atoms with Crippen LogP contribution in [0, 0.1) is 5.41 Å². The van der Waals surface area contributed by atoms with Gasteiger partial charge in [0.1, 0.15) is 0 Å². The summed E-state index contributed by atoms with van der Waals surface area (Å²) in [5.41, 5.74) is 8.42. The molecule has 0 saturated heterocycles. The second-order valence-corrected chi connectivity index (χ2v) is 6.65. The van der Waals surface area contributed by atoms with E-state index in [9.17, 15) is 0 Å². The van der Waals surface area contributed by atoms with E-state index in [2.05, 4.69) is 38.2 Å². The van der Waals surface area contributed by atoms with Crippen molar-refractivity contribution in [3.05, 3.63) is 29.8 Å². The van der Waals surface area contributed by atoms with Gasteiger partial charge in [0.05, 0.1) is 0 Å². The molecule has 0 unspecified atom stereocenters. The lowest BCUT2D eigenvalue weighted by Gasteiger charge is -2.25. The summed E-state index contributed by atoms with van der Waals surface area (Å²) < 4.78 is 0. The van der Waals surface area contributed by atoms with Gasteiger partial charge in [-0.15, -0.1) is 0 Å². The summed E-state index contributed by atoms with van der Waals surface area (Å²) in [5.74, 6) is 0. The van der Waals surface area contributed by atoms with Crippen LogP contribution in [0.3, 0.4) is 0 Å². The van der Waals surface area contributed by atoms with Crippen LogP contribution in [0.2, 0.25) is 0 Å². The first-order chi connectivity index (χ1) is 9.53. The van der Waals surface area contributed by atoms with Crippen molar-refractivity contribution in [2.75, 3.05) is 18.8 Å². The van der Waals surface area contributed by atoms with E-state index >= 15 is 0 Å². The minimum absolute atomic E-state index is 0.423. The summed E-state index contributed by atoms with van der Waals surface area (Å²) in [5, 5.41) is 3.61. The molecule has 1 rings (SSSR count). The summed E-state index contributed by atoms with van der Waals surface area (Å²) in [6.07, 6.45) is 7.63. The third-order valence-electron chi connectivity index (χ3n) is 3.83. The van der Waals surface area contributed by atoms with Crippen molar-refractivity contribution in [3.63, 3.8) is 0 Å². The molecule has 0 aliphatic rings. The number of benzene rings is 1. The largest absolute Gasteiger partial charge is 0.399 e. The average molecular weight is 276 g/mol. The molecule has 0 spiro atoms. The van der Waals surface area contributed by atoms with E-state index in [1.165, 1.54) is 37.7 Å². The molecule has 1 aromatic carbocycles. The highest BCUT2D eigenvalue weighted by Crippen LogP contribution is 2.22. The first-order valence-electron chi connectivity index (χ1n) is 8.08. The maximum Gasteiger partial charge on any atom is 0.0316 e. The van der Waals surface area contributed by atoms with Gasteiger partial charge in [-0.3, -0.25) is 0 Å². The Hall–Kier alpha value is -1.02. The Labute approximate surface area is 125 Å². The lowest BCUT2D eigenvalue weighted by atomic mass is 9.87. The van der Waals surface area contributed by atoms with E-state index in [0.717, 1.165) is 25.2 Å². The molecule has 114 valence electrons. The molecule has 2 nitrogen and oxygen atoms in total. The summed E-state index contributed by atoms with van der Waals surface area (Å²) in [6.45, 7) is 9.21. The van der Waals surface area contributed by atoms with Gasteiger partial charge in [-0.05, 0) is 48.9 Å². The molecule has 1 aromatic rings. The fourth-order valence-corrected chi connectivity index (χ4v) is 2.53. The fourth-order valence-electron chi connectivity index (χ4n) is 2.53. The Bertz CT molecular complexity index is 371. The predicted octanol–water partition coefficient (Wildman–Crippen LogP) is 4.40. The van der Waals surface area contributed by atoms with Crippen molar-refractivity contribution < 1.29 is 0 Å². The SMILES string of the molecule is CCCCCC(C)(C)CNCCCc1cccc(N)c1. The van der Waals surface area contributed by atoms with Crippen LogP contribution in [-0.4, -0.2) is 13.1 Å². The zero-order chi connectivity index (χ0) is 14.8. The Balaban J connectivity index is 2.12. The van der Waals surface area contributed by atoms with Gasteiger partial charge >= 0.3 is 0 Å². The maximum atomic E-state index is 5.79. The molecule has 0 aromatic heterocycles. The number of nitrogens with one attached hydrogen (secondary N) is 1. The topological polar surface area (TPSA) is 38.0 Å². The third kappa shape index (κ3) is 7.54. The van der Waals surface area contributed by atoms with E-state index in [-0.39, 0.29) is 0 Å². The van der Waals surface area contributed by atoms with Crippen LogP contribution in [0.1, 0.15) is 58.4 Å². The lowest BCUT2D eigenvalue weighted by Crippen LogP contribution is -2.30. The zero-order valence-corrected chi connectivity index (χ0v) is 13.5. The van der Waals surface area contributed by atoms with E-state index in [1.807, 2.05) is 12.1 Å². The van der Waals surface area contributed by atoms with Crippen molar-refractivity contribution in [1.29, 1.82) is 0 Å². The van der Waals surface area contributed by atoms with Crippen LogP contribution in [0.4, 0.5) is 5.69 Å². The molecule has 0 bridgehead atoms. The highest BCUT2D eigenvalue weighted by molar-refractivity contribution is 5.40. The zero-order valence-electron chi connectivity index (χ0n) is 13.5. The van der Waals surface area contributed by atoms with Crippen molar-refractivity contribution in [2.45, 2.75) is 59.3 Å². The highest BCUT2D eigenvalue weighted by atomic mass is 14.9. The molecular weight excluding hydrogens is 244 g/mol. The van der Waals surface area contributed by atoms with Crippen LogP contribution in [0.5, 0.6) is 0 Å². The monoisotopic (exact) mass is 276 g/mol. The third-order valence-corrected chi connectivity index (χ3v) is 3.83. The van der Waals surface area contributed by atoms with Gasteiger partial charge in [0.15, 0.2) is 0 Å². The molecule has 2 heteroatoms. The maximum absolute atomic E-state index is 5.79. The Morgan fingerprint density at radius 2 is 1.95 bits per heavy atom. The Kier molecular flexibility index (Phi) is 7.68. The van der Waals surface area contributed by atoms with Crippen LogP contribution in [0.15, 0.2) is 24.3 Å². The van der Waals surface area contributed by atoms with Crippen molar-refractivity contribution >= 4 is 5.69 Å². The molecule has 0 saturated carbocycles. The van der Waals surface area contributed by atoms with Gasteiger partial charge in [0.2, 0.25) is 0 Å². The number of hydrogen-bond acceptors (Lipinski definition) is 2. The molecule has 0 aliphatic carbocycles. The standard InChI is InChI=1S/C18H32N2/c1-4-5-6-12-18(2,3)15-20-13-8-10-16-9-7-11-17(19)14-16/h7,9,11,14,20H,4-6,8,10,12-13,15,19H2,1-3H3. The summed E-state index contributed by atoms with van der Waals surface area (Å²) >= 11 is 0. The van der Waals surface area contributed by atoms with Crippen LogP contribution in [-0.2, 0) is 6.42 Å². The number of anilines is 1. The van der Waals surface area contributed by atoms with Gasteiger partial charge in [-0.1, -0.05) is 52.2 Å². The summed E-state index contributed by atoms with van der Waals surface area (Å²) in [6, 6.07) is 8.22. The van der Waals surface area contributed by atoms with Crippen molar-refractivity contribution in [2.24, 2.45) is 5.41 Å². The average Bonchev–Trinajstić information content (AvgIpc) is 2.38. The van der Waals surface area contributed by atoms with E-state index < -0.39 is 0 Å². The van der Waals surface area contributed by atoms with Gasteiger partial charge in [0.25, 0.3) is 0 Å².